The molecule has 11 heteroatoms. The SMILES string of the molecule is CS(=O)(=O)Nc1cncc(-c2cnc3[nH]nc(-c4nc5c(C#N)cccc5[nH]4)c3c2)c1. The van der Waals surface area contributed by atoms with Gasteiger partial charge in [0.25, 0.3) is 0 Å². The van der Waals surface area contributed by atoms with Gasteiger partial charge in [-0.2, -0.15) is 10.4 Å². The molecule has 0 spiro atoms. The first-order valence-corrected chi connectivity index (χ1v) is 11.0. The van der Waals surface area contributed by atoms with Crippen LogP contribution in [0.15, 0.2) is 48.9 Å². The van der Waals surface area contributed by atoms with E-state index in [1.54, 1.807) is 30.6 Å². The Hall–Kier alpha value is -4.30. The monoisotopic (exact) mass is 430 g/mol. The molecular weight excluding hydrogens is 416 g/mol. The third-order valence-corrected chi connectivity index (χ3v) is 5.26. The van der Waals surface area contributed by atoms with Gasteiger partial charge in [0.2, 0.25) is 10.0 Å². The van der Waals surface area contributed by atoms with Crippen LogP contribution in [0.3, 0.4) is 0 Å². The van der Waals surface area contributed by atoms with Gasteiger partial charge in [0.05, 0.1) is 34.6 Å². The Morgan fingerprint density at radius 3 is 2.77 bits per heavy atom. The Balaban J connectivity index is 1.62. The zero-order valence-electron chi connectivity index (χ0n) is 16.1. The normalized spacial score (nSPS) is 11.6. The Labute approximate surface area is 176 Å². The summed E-state index contributed by atoms with van der Waals surface area (Å²) >= 11 is 0. The van der Waals surface area contributed by atoms with Crippen LogP contribution in [0.25, 0.3) is 44.7 Å². The first-order valence-electron chi connectivity index (χ1n) is 9.08. The lowest BCUT2D eigenvalue weighted by Crippen LogP contribution is -2.09. The topological polar surface area (TPSA) is 153 Å². The summed E-state index contributed by atoms with van der Waals surface area (Å²) < 4.78 is 25.4. The van der Waals surface area contributed by atoms with Crippen molar-refractivity contribution in [2.45, 2.75) is 0 Å². The lowest BCUT2D eigenvalue weighted by Gasteiger charge is -2.06. The molecule has 5 rings (SSSR count). The molecule has 1 aromatic carbocycles. The summed E-state index contributed by atoms with van der Waals surface area (Å²) in [6.07, 6.45) is 5.78. The van der Waals surface area contributed by atoms with Crippen molar-refractivity contribution in [2.24, 2.45) is 0 Å². The van der Waals surface area contributed by atoms with Crippen molar-refractivity contribution >= 4 is 37.8 Å². The minimum Gasteiger partial charge on any atom is -0.337 e. The Kier molecular flexibility index (Phi) is 4.16. The first kappa shape index (κ1) is 18.7. The molecule has 0 aliphatic rings. The summed E-state index contributed by atoms with van der Waals surface area (Å²) in [7, 11) is -3.42. The number of nitriles is 1. The molecule has 10 nitrogen and oxygen atoms in total. The predicted molar refractivity (Wildman–Crippen MR) is 115 cm³/mol. The van der Waals surface area contributed by atoms with Gasteiger partial charge < -0.3 is 4.98 Å². The predicted octanol–water partition coefficient (Wildman–Crippen LogP) is 2.81. The number of hydrogen-bond acceptors (Lipinski definition) is 7. The van der Waals surface area contributed by atoms with E-state index in [1.807, 2.05) is 12.1 Å². The van der Waals surface area contributed by atoms with Gasteiger partial charge in [0, 0.05) is 23.5 Å². The fourth-order valence-electron chi connectivity index (χ4n) is 3.34. The number of aromatic nitrogens is 6. The molecule has 0 saturated carbocycles. The zero-order chi connectivity index (χ0) is 21.6. The van der Waals surface area contributed by atoms with Gasteiger partial charge >= 0.3 is 0 Å². The van der Waals surface area contributed by atoms with Gasteiger partial charge in [-0.05, 0) is 24.3 Å². The second-order valence-electron chi connectivity index (χ2n) is 6.93. The fraction of sp³-hybridized carbons (Fsp3) is 0.0500. The molecule has 0 fully saturated rings. The number of nitrogens with zero attached hydrogens (tertiary/aromatic N) is 5. The van der Waals surface area contributed by atoms with Crippen molar-refractivity contribution in [3.63, 3.8) is 0 Å². The molecule has 0 aliphatic carbocycles. The largest absolute Gasteiger partial charge is 0.337 e. The van der Waals surface area contributed by atoms with Gasteiger partial charge in [-0.15, -0.1) is 0 Å². The molecule has 0 saturated heterocycles. The van der Waals surface area contributed by atoms with E-state index in [9.17, 15) is 13.7 Å². The molecule has 0 amide bonds. The Morgan fingerprint density at radius 2 is 1.97 bits per heavy atom. The van der Waals surface area contributed by atoms with Crippen molar-refractivity contribution in [1.82, 2.24) is 30.1 Å². The smallest absolute Gasteiger partial charge is 0.229 e. The second kappa shape index (κ2) is 6.89. The standard InChI is InChI=1S/C20H14N8O2S/c1-31(29,30)28-14-5-12(8-22-10-14)13-6-15-18(26-27-19(15)23-9-13)20-24-16-4-2-3-11(7-21)17(16)25-20/h2-6,8-10,28H,1H3,(H,24,25)(H,23,26,27). The van der Waals surface area contributed by atoms with Crippen LogP contribution >= 0.6 is 0 Å². The number of benzene rings is 1. The van der Waals surface area contributed by atoms with E-state index in [0.29, 0.717) is 39.5 Å². The first-order chi connectivity index (χ1) is 14.9. The van der Waals surface area contributed by atoms with Crippen LogP contribution in [0.1, 0.15) is 5.56 Å². The molecule has 0 bridgehead atoms. The summed E-state index contributed by atoms with van der Waals surface area (Å²) in [6, 6.07) is 11.0. The third-order valence-electron chi connectivity index (χ3n) is 4.65. The highest BCUT2D eigenvalue weighted by molar-refractivity contribution is 7.92. The number of rotatable bonds is 4. The number of nitrogens with one attached hydrogen (secondary N) is 3. The van der Waals surface area contributed by atoms with Gasteiger partial charge in [-0.3, -0.25) is 14.8 Å². The van der Waals surface area contributed by atoms with Gasteiger partial charge in [0.1, 0.15) is 17.3 Å². The number of sulfonamides is 1. The minimum absolute atomic E-state index is 0.355. The van der Waals surface area contributed by atoms with Gasteiger partial charge in [-0.1, -0.05) is 6.07 Å². The summed E-state index contributed by atoms with van der Waals surface area (Å²) in [5.74, 6) is 0.508. The second-order valence-corrected chi connectivity index (χ2v) is 8.68. The highest BCUT2D eigenvalue weighted by Gasteiger charge is 2.16. The van der Waals surface area contributed by atoms with Crippen LogP contribution in [-0.4, -0.2) is 44.8 Å². The van der Waals surface area contributed by atoms with E-state index < -0.39 is 10.0 Å². The van der Waals surface area contributed by atoms with Crippen molar-refractivity contribution in [1.29, 1.82) is 5.26 Å². The molecule has 0 atom stereocenters. The van der Waals surface area contributed by atoms with Crippen molar-refractivity contribution in [3.05, 3.63) is 54.5 Å². The van der Waals surface area contributed by atoms with E-state index in [4.69, 9.17) is 0 Å². The van der Waals surface area contributed by atoms with Crippen LogP contribution in [0.4, 0.5) is 5.69 Å². The molecule has 31 heavy (non-hydrogen) atoms. The van der Waals surface area contributed by atoms with Crippen molar-refractivity contribution < 1.29 is 8.42 Å². The molecule has 152 valence electrons. The number of pyridine rings is 2. The molecule has 3 N–H and O–H groups in total. The molecule has 0 aliphatic heterocycles. The third kappa shape index (κ3) is 3.45. The van der Waals surface area contributed by atoms with Crippen LogP contribution in [0.5, 0.6) is 0 Å². The van der Waals surface area contributed by atoms with E-state index >= 15 is 0 Å². The number of para-hydroxylation sites is 1. The van der Waals surface area contributed by atoms with Crippen LogP contribution in [-0.2, 0) is 10.0 Å². The minimum atomic E-state index is -3.42. The fourth-order valence-corrected chi connectivity index (χ4v) is 3.88. The number of anilines is 1. The molecular formula is C20H14N8O2S. The lowest BCUT2D eigenvalue weighted by molar-refractivity contribution is 0.607. The van der Waals surface area contributed by atoms with E-state index in [0.717, 1.165) is 22.7 Å². The number of fused-ring (bicyclic) bond motifs is 2. The van der Waals surface area contributed by atoms with Crippen LogP contribution < -0.4 is 4.72 Å². The molecule has 4 heterocycles. The molecule has 0 radical (unpaired) electrons. The maximum Gasteiger partial charge on any atom is 0.229 e. The molecule has 4 aromatic heterocycles. The maximum absolute atomic E-state index is 11.5. The lowest BCUT2D eigenvalue weighted by atomic mass is 10.1. The van der Waals surface area contributed by atoms with E-state index in [1.165, 1.54) is 6.20 Å². The molecule has 0 unspecified atom stereocenters. The number of aromatic amines is 2. The van der Waals surface area contributed by atoms with Crippen LogP contribution in [0.2, 0.25) is 0 Å². The van der Waals surface area contributed by atoms with E-state index in [2.05, 4.69) is 40.9 Å². The summed E-state index contributed by atoms with van der Waals surface area (Å²) in [5, 5.41) is 17.3. The summed E-state index contributed by atoms with van der Waals surface area (Å²) in [6.45, 7) is 0. The van der Waals surface area contributed by atoms with Crippen molar-refractivity contribution in [2.75, 3.05) is 11.0 Å². The number of hydrogen-bond donors (Lipinski definition) is 3. The summed E-state index contributed by atoms with van der Waals surface area (Å²) in [4.78, 5) is 16.3. The highest BCUT2D eigenvalue weighted by atomic mass is 32.2. The van der Waals surface area contributed by atoms with Crippen LogP contribution in [0, 0.1) is 11.3 Å². The Morgan fingerprint density at radius 1 is 1.13 bits per heavy atom. The Bertz CT molecular complexity index is 1610. The maximum atomic E-state index is 11.5. The van der Waals surface area contributed by atoms with E-state index in [-0.39, 0.29) is 0 Å². The van der Waals surface area contributed by atoms with Crippen molar-refractivity contribution in [3.8, 4) is 28.7 Å². The average molecular weight is 430 g/mol. The highest BCUT2D eigenvalue weighted by Crippen LogP contribution is 2.30. The molecule has 5 aromatic rings. The van der Waals surface area contributed by atoms with Gasteiger partial charge in [-0.25, -0.2) is 18.4 Å². The number of H-pyrrole nitrogens is 2. The summed E-state index contributed by atoms with van der Waals surface area (Å²) in [5.41, 5.74) is 4.68. The quantitative estimate of drug-likeness (QED) is 0.396. The number of imidazole rings is 1. The average Bonchev–Trinajstić information content (AvgIpc) is 3.35. The van der Waals surface area contributed by atoms with Gasteiger partial charge in [0.15, 0.2) is 11.5 Å². The zero-order valence-corrected chi connectivity index (χ0v) is 16.9.